The molecule has 1 aliphatic heterocycles. The van der Waals surface area contributed by atoms with Crippen molar-refractivity contribution in [3.63, 3.8) is 0 Å². The Morgan fingerprint density at radius 3 is 2.30 bits per heavy atom. The van der Waals surface area contributed by atoms with Crippen molar-refractivity contribution in [1.29, 1.82) is 0 Å². The average Bonchev–Trinajstić information content (AvgIpc) is 3.62. The fraction of sp³-hybridized carbons (Fsp3) is 0.704. The first-order valence-electron chi connectivity index (χ1n) is 12.9. The molecule has 1 aromatic rings. The fourth-order valence-corrected chi connectivity index (χ4v) is 7.86. The normalized spacial score (nSPS) is 35.0. The number of carboxylic acids is 1. The van der Waals surface area contributed by atoms with E-state index in [9.17, 15) is 14.7 Å². The van der Waals surface area contributed by atoms with Crippen LogP contribution >= 0.6 is 0 Å². The molecule has 0 spiro atoms. The topological polar surface area (TPSA) is 66.8 Å². The van der Waals surface area contributed by atoms with Crippen LogP contribution in [0.25, 0.3) is 0 Å². The minimum Gasteiger partial charge on any atom is -0.493 e. The molecule has 178 valence electrons. The van der Waals surface area contributed by atoms with Crippen molar-refractivity contribution in [3.8, 4) is 5.75 Å². The number of rotatable bonds is 6. The number of nitrogens with zero attached hydrogens (tertiary/aromatic N) is 1. The lowest BCUT2D eigenvalue weighted by Crippen LogP contribution is -2.48. The van der Waals surface area contributed by atoms with Gasteiger partial charge in [-0.25, -0.2) is 9.18 Å². The van der Waals surface area contributed by atoms with Gasteiger partial charge < -0.3 is 14.7 Å². The Morgan fingerprint density at radius 2 is 1.70 bits per heavy atom. The summed E-state index contributed by atoms with van der Waals surface area (Å²) in [5.41, 5.74) is 1.16. The number of hydrogen-bond donors (Lipinski definition) is 1. The predicted molar refractivity (Wildman–Crippen MR) is 121 cm³/mol. The molecular formula is C27H34FNO4. The van der Waals surface area contributed by atoms with Gasteiger partial charge in [-0.05, 0) is 106 Å². The maximum absolute atomic E-state index is 15.3. The molecule has 1 aromatic carbocycles. The number of piperidine rings is 1. The molecule has 5 saturated carbocycles. The molecule has 1 saturated heterocycles. The molecule has 0 radical (unpaired) electrons. The van der Waals surface area contributed by atoms with E-state index in [1.54, 1.807) is 6.07 Å². The lowest BCUT2D eigenvalue weighted by Gasteiger charge is -2.56. The number of halogens is 1. The molecule has 1 atom stereocenters. The van der Waals surface area contributed by atoms with Crippen LogP contribution in [0.1, 0.15) is 92.5 Å². The maximum atomic E-state index is 15.3. The van der Waals surface area contributed by atoms with E-state index in [0.29, 0.717) is 31.2 Å². The van der Waals surface area contributed by atoms with Gasteiger partial charge in [0.2, 0.25) is 0 Å². The smallest absolute Gasteiger partial charge is 0.326 e. The Morgan fingerprint density at radius 1 is 1.03 bits per heavy atom. The summed E-state index contributed by atoms with van der Waals surface area (Å²) < 4.78 is 21.6. The summed E-state index contributed by atoms with van der Waals surface area (Å²) in [6.45, 7) is 1.01. The summed E-state index contributed by atoms with van der Waals surface area (Å²) in [4.78, 5) is 26.2. The second-order valence-corrected chi connectivity index (χ2v) is 11.7. The molecule has 5 nitrogen and oxygen atoms in total. The van der Waals surface area contributed by atoms with E-state index >= 15 is 4.39 Å². The number of carboxylic acid groups (broad SMARTS) is 1. The van der Waals surface area contributed by atoms with Crippen molar-refractivity contribution in [2.75, 3.05) is 13.2 Å². The summed E-state index contributed by atoms with van der Waals surface area (Å²) in [5, 5.41) is 9.55. The Bertz CT molecular complexity index is 936. The highest BCUT2D eigenvalue weighted by molar-refractivity contribution is 5.97. The third-order valence-electron chi connectivity index (χ3n) is 9.09. The van der Waals surface area contributed by atoms with Crippen LogP contribution in [0.15, 0.2) is 12.1 Å². The Balaban J connectivity index is 1.24. The van der Waals surface area contributed by atoms with E-state index in [2.05, 4.69) is 0 Å². The molecule has 6 heteroatoms. The van der Waals surface area contributed by atoms with E-state index < -0.39 is 23.7 Å². The largest absolute Gasteiger partial charge is 0.493 e. The molecule has 6 fully saturated rings. The molecule has 1 unspecified atom stereocenters. The van der Waals surface area contributed by atoms with Crippen LogP contribution in [0.3, 0.4) is 0 Å². The predicted octanol–water partition coefficient (Wildman–Crippen LogP) is 5.38. The van der Waals surface area contributed by atoms with Crippen molar-refractivity contribution < 1.29 is 23.8 Å². The third kappa shape index (κ3) is 3.93. The minimum atomic E-state index is -1.01. The van der Waals surface area contributed by atoms with Gasteiger partial charge in [0.25, 0.3) is 5.91 Å². The van der Waals surface area contributed by atoms with Crippen molar-refractivity contribution in [3.05, 3.63) is 29.1 Å². The Hall–Kier alpha value is -2.11. The molecule has 1 heterocycles. The zero-order valence-corrected chi connectivity index (χ0v) is 19.2. The number of aliphatic carboxylic acids is 1. The van der Waals surface area contributed by atoms with Crippen molar-refractivity contribution in [1.82, 2.24) is 4.90 Å². The van der Waals surface area contributed by atoms with Crippen LogP contribution in [-0.2, 0) is 4.79 Å². The van der Waals surface area contributed by atoms with Gasteiger partial charge in [0.15, 0.2) is 0 Å². The molecule has 4 bridgehead atoms. The first-order valence-corrected chi connectivity index (χ1v) is 12.9. The summed E-state index contributed by atoms with van der Waals surface area (Å²) in [6.07, 6.45) is 11.8. The molecule has 5 aliphatic carbocycles. The van der Waals surface area contributed by atoms with Gasteiger partial charge in [0.05, 0.1) is 12.2 Å². The number of carbonyl (C=O) groups is 2. The lowest BCUT2D eigenvalue weighted by atomic mass is 9.50. The van der Waals surface area contributed by atoms with Crippen LogP contribution in [0.4, 0.5) is 4.39 Å². The number of likely N-dealkylation sites (tertiary alicyclic amines) is 1. The SMILES string of the molecule is O=C(O)C1CCCCN1C(=O)c1cc(C2CC2)c(OCC23CC4CC(CC(C4)C2)C3)cc1F. The van der Waals surface area contributed by atoms with Crippen molar-refractivity contribution in [2.24, 2.45) is 23.2 Å². The standard InChI is InChI=1S/C27H34FNO4/c28-22-11-24(33-15-27-12-16-7-17(13-27)9-18(8-16)14-27)20(19-4-5-19)10-21(22)25(30)29-6-2-1-3-23(29)26(31)32/h10-11,16-19,23H,1-9,12-15H2,(H,31,32). The summed E-state index contributed by atoms with van der Waals surface area (Å²) >= 11 is 0. The number of ether oxygens (including phenoxy) is 1. The van der Waals surface area contributed by atoms with Crippen LogP contribution in [-0.4, -0.2) is 41.1 Å². The first kappa shape index (κ1) is 21.4. The van der Waals surface area contributed by atoms with E-state index in [-0.39, 0.29) is 11.0 Å². The molecule has 33 heavy (non-hydrogen) atoms. The van der Waals surface area contributed by atoms with Gasteiger partial charge in [-0.15, -0.1) is 0 Å². The zero-order chi connectivity index (χ0) is 22.7. The molecule has 1 amide bonds. The highest BCUT2D eigenvalue weighted by Crippen LogP contribution is 2.60. The van der Waals surface area contributed by atoms with E-state index in [0.717, 1.165) is 49.0 Å². The molecule has 7 rings (SSSR count). The van der Waals surface area contributed by atoms with Gasteiger partial charge in [-0.2, -0.15) is 0 Å². The van der Waals surface area contributed by atoms with Gasteiger partial charge in [0, 0.05) is 18.0 Å². The van der Waals surface area contributed by atoms with Gasteiger partial charge >= 0.3 is 5.97 Å². The second kappa shape index (κ2) is 7.99. The Labute approximate surface area is 194 Å². The maximum Gasteiger partial charge on any atom is 0.326 e. The van der Waals surface area contributed by atoms with Gasteiger partial charge in [0.1, 0.15) is 17.6 Å². The molecule has 1 N–H and O–H groups in total. The minimum absolute atomic E-state index is 0.00722. The van der Waals surface area contributed by atoms with Crippen LogP contribution in [0, 0.1) is 29.0 Å². The van der Waals surface area contributed by atoms with Crippen LogP contribution in [0.2, 0.25) is 0 Å². The van der Waals surface area contributed by atoms with Crippen LogP contribution in [0.5, 0.6) is 5.75 Å². The van der Waals surface area contributed by atoms with Gasteiger partial charge in [-0.1, -0.05) is 0 Å². The number of amides is 1. The number of carbonyl (C=O) groups excluding carboxylic acids is 1. The molecule has 6 aliphatic rings. The Kier molecular flexibility index (Phi) is 5.19. The highest BCUT2D eigenvalue weighted by Gasteiger charge is 2.51. The average molecular weight is 456 g/mol. The zero-order valence-electron chi connectivity index (χ0n) is 19.2. The monoisotopic (exact) mass is 455 g/mol. The second-order valence-electron chi connectivity index (χ2n) is 11.7. The summed E-state index contributed by atoms with van der Waals surface area (Å²) in [7, 11) is 0. The number of hydrogen-bond acceptors (Lipinski definition) is 3. The molecule has 0 aromatic heterocycles. The number of benzene rings is 1. The third-order valence-corrected chi connectivity index (χ3v) is 9.09. The quantitative estimate of drug-likeness (QED) is 0.626. The van der Waals surface area contributed by atoms with E-state index in [1.165, 1.54) is 49.5 Å². The van der Waals surface area contributed by atoms with Crippen molar-refractivity contribution >= 4 is 11.9 Å². The van der Waals surface area contributed by atoms with Crippen LogP contribution < -0.4 is 4.74 Å². The highest BCUT2D eigenvalue weighted by atomic mass is 19.1. The van der Waals surface area contributed by atoms with Crippen molar-refractivity contribution in [2.45, 2.75) is 82.6 Å². The van der Waals surface area contributed by atoms with E-state index in [1.807, 2.05) is 0 Å². The summed E-state index contributed by atoms with van der Waals surface area (Å²) in [5.74, 6) is 1.30. The van der Waals surface area contributed by atoms with E-state index in [4.69, 9.17) is 4.74 Å². The first-order chi connectivity index (χ1) is 15.9. The van der Waals surface area contributed by atoms with Gasteiger partial charge in [-0.3, -0.25) is 4.79 Å². The molecular weight excluding hydrogens is 421 g/mol. The fourth-order valence-electron chi connectivity index (χ4n) is 7.86. The lowest BCUT2D eigenvalue weighted by molar-refractivity contribution is -0.143. The summed E-state index contributed by atoms with van der Waals surface area (Å²) in [6, 6.07) is 2.20.